The number of nitrogens with two attached hydrogens (primary N) is 1. The molecule has 0 heterocycles. The van der Waals surface area contributed by atoms with Gasteiger partial charge in [0.2, 0.25) is 0 Å². The van der Waals surface area contributed by atoms with E-state index in [1.807, 2.05) is 0 Å². The Morgan fingerprint density at radius 1 is 1.33 bits per heavy atom. The van der Waals surface area contributed by atoms with Crippen LogP contribution in [0.15, 0.2) is 18.2 Å². The van der Waals surface area contributed by atoms with E-state index in [9.17, 15) is 4.79 Å². The van der Waals surface area contributed by atoms with Gasteiger partial charge in [0.25, 0.3) is 5.91 Å². The normalized spacial score (nSPS) is 18.6. The molecule has 1 aromatic carbocycles. The van der Waals surface area contributed by atoms with Crippen LogP contribution in [0.4, 0.5) is 0 Å². The molecular weight excluding hydrogens is 284 g/mol. The van der Waals surface area contributed by atoms with Gasteiger partial charge < -0.3 is 11.1 Å². The molecule has 0 unspecified atom stereocenters. The molecule has 1 aromatic rings. The van der Waals surface area contributed by atoms with Crippen molar-refractivity contribution >= 4 is 17.5 Å². The summed E-state index contributed by atoms with van der Waals surface area (Å²) in [5.41, 5.74) is 6.80. The zero-order valence-electron chi connectivity index (χ0n) is 12.9. The van der Waals surface area contributed by atoms with E-state index in [0.717, 1.165) is 0 Å². The Labute approximate surface area is 131 Å². The molecule has 1 aliphatic carbocycles. The zero-order valence-corrected chi connectivity index (χ0v) is 13.6. The maximum Gasteiger partial charge on any atom is 0.251 e. The summed E-state index contributed by atoms with van der Waals surface area (Å²) in [6.07, 6.45) is 0. The molecule has 0 aliphatic heterocycles. The highest BCUT2D eigenvalue weighted by molar-refractivity contribution is 6.32. The number of nitrogens with one attached hydrogen (secondary N) is 1. The third kappa shape index (κ3) is 2.79. The molecule has 1 aliphatic rings. The maximum absolute atomic E-state index is 12.3. The zero-order chi connectivity index (χ0) is 15.8. The lowest BCUT2D eigenvalue weighted by Gasteiger charge is -2.08. The van der Waals surface area contributed by atoms with Gasteiger partial charge in [-0.05, 0) is 29.0 Å². The van der Waals surface area contributed by atoms with Crippen LogP contribution in [0.1, 0.15) is 43.6 Å². The fraction of sp³-hybridized carbons (Fsp3) is 0.471. The van der Waals surface area contributed by atoms with Crippen molar-refractivity contribution in [2.75, 3.05) is 6.54 Å². The standard InChI is InChI=1S/C17H21ClN2O/c1-16(2)15(17(16,3)4)20-14(21)12-8-7-11(6-5-9-19)13(18)10-12/h7-8,10,15H,9,19H2,1-4H3,(H,20,21). The van der Waals surface area contributed by atoms with Crippen LogP contribution in [0.5, 0.6) is 0 Å². The van der Waals surface area contributed by atoms with E-state index in [4.69, 9.17) is 17.3 Å². The fourth-order valence-electron chi connectivity index (χ4n) is 2.68. The molecule has 0 atom stereocenters. The quantitative estimate of drug-likeness (QED) is 0.826. The van der Waals surface area contributed by atoms with Crippen LogP contribution in [0.3, 0.4) is 0 Å². The second kappa shape index (κ2) is 5.36. The molecule has 0 saturated heterocycles. The SMILES string of the molecule is CC1(C)C(NC(=O)c2ccc(C#CCN)c(Cl)c2)C1(C)C. The predicted octanol–water partition coefficient (Wildman–Crippen LogP) is 2.81. The van der Waals surface area contributed by atoms with Gasteiger partial charge in [0, 0.05) is 17.2 Å². The summed E-state index contributed by atoms with van der Waals surface area (Å²) in [6.45, 7) is 8.93. The van der Waals surface area contributed by atoms with Gasteiger partial charge in [-0.15, -0.1) is 0 Å². The molecule has 0 aromatic heterocycles. The van der Waals surface area contributed by atoms with Gasteiger partial charge in [0.15, 0.2) is 0 Å². The second-order valence-electron chi connectivity index (χ2n) is 6.55. The molecule has 0 spiro atoms. The number of benzene rings is 1. The third-order valence-electron chi connectivity index (χ3n) is 4.85. The van der Waals surface area contributed by atoms with Crippen LogP contribution in [-0.2, 0) is 0 Å². The van der Waals surface area contributed by atoms with Gasteiger partial charge in [-0.3, -0.25) is 4.79 Å². The molecule has 112 valence electrons. The highest BCUT2D eigenvalue weighted by Gasteiger charge is 2.65. The van der Waals surface area contributed by atoms with E-state index in [1.54, 1.807) is 18.2 Å². The van der Waals surface area contributed by atoms with Crippen LogP contribution in [0.2, 0.25) is 5.02 Å². The van der Waals surface area contributed by atoms with Crippen molar-refractivity contribution in [3.63, 3.8) is 0 Å². The number of carbonyl (C=O) groups excluding carboxylic acids is 1. The van der Waals surface area contributed by atoms with Crippen molar-refractivity contribution in [3.8, 4) is 11.8 Å². The van der Waals surface area contributed by atoms with Gasteiger partial charge in [0.1, 0.15) is 0 Å². The van der Waals surface area contributed by atoms with Gasteiger partial charge >= 0.3 is 0 Å². The average molecular weight is 305 g/mol. The molecule has 0 radical (unpaired) electrons. The van der Waals surface area contributed by atoms with Crippen LogP contribution in [0.25, 0.3) is 0 Å². The topological polar surface area (TPSA) is 55.1 Å². The van der Waals surface area contributed by atoms with Crippen LogP contribution < -0.4 is 11.1 Å². The van der Waals surface area contributed by atoms with E-state index >= 15 is 0 Å². The summed E-state index contributed by atoms with van der Waals surface area (Å²) in [5.74, 6) is 5.53. The second-order valence-corrected chi connectivity index (χ2v) is 6.96. The highest BCUT2D eigenvalue weighted by Crippen LogP contribution is 2.62. The number of rotatable bonds is 2. The van der Waals surface area contributed by atoms with Crippen molar-refractivity contribution in [3.05, 3.63) is 34.3 Å². The lowest BCUT2D eigenvalue weighted by molar-refractivity contribution is 0.0943. The van der Waals surface area contributed by atoms with Crippen molar-refractivity contribution in [2.45, 2.75) is 33.7 Å². The first kappa shape index (κ1) is 15.9. The largest absolute Gasteiger partial charge is 0.348 e. The van der Waals surface area contributed by atoms with Gasteiger partial charge in [-0.25, -0.2) is 0 Å². The van der Waals surface area contributed by atoms with Crippen LogP contribution in [0, 0.1) is 22.7 Å². The minimum absolute atomic E-state index is 0.0983. The fourth-order valence-corrected chi connectivity index (χ4v) is 2.90. The van der Waals surface area contributed by atoms with E-state index in [0.29, 0.717) is 16.1 Å². The minimum atomic E-state index is -0.0983. The number of amides is 1. The first-order valence-electron chi connectivity index (χ1n) is 7.01. The van der Waals surface area contributed by atoms with Crippen LogP contribution in [-0.4, -0.2) is 18.5 Å². The molecule has 1 fully saturated rings. The summed E-state index contributed by atoms with van der Waals surface area (Å²) in [4.78, 5) is 12.3. The molecule has 2 rings (SSSR count). The molecule has 4 heteroatoms. The summed E-state index contributed by atoms with van der Waals surface area (Å²) >= 11 is 6.15. The predicted molar refractivity (Wildman–Crippen MR) is 86.2 cm³/mol. The number of carbonyl (C=O) groups is 1. The molecule has 3 nitrogen and oxygen atoms in total. The lowest BCUT2D eigenvalue weighted by Crippen LogP contribution is -2.29. The Hall–Kier alpha value is -1.50. The molecule has 1 amide bonds. The van der Waals surface area contributed by atoms with E-state index in [1.165, 1.54) is 0 Å². The van der Waals surface area contributed by atoms with Crippen molar-refractivity contribution in [2.24, 2.45) is 16.6 Å². The lowest BCUT2D eigenvalue weighted by atomic mass is 10.0. The van der Waals surface area contributed by atoms with E-state index < -0.39 is 0 Å². The molecule has 21 heavy (non-hydrogen) atoms. The summed E-state index contributed by atoms with van der Waals surface area (Å²) in [7, 11) is 0. The van der Waals surface area contributed by atoms with Gasteiger partial charge in [-0.1, -0.05) is 51.1 Å². The third-order valence-corrected chi connectivity index (χ3v) is 5.17. The Morgan fingerprint density at radius 2 is 1.95 bits per heavy atom. The Balaban J connectivity index is 2.13. The van der Waals surface area contributed by atoms with Crippen molar-refractivity contribution in [1.29, 1.82) is 0 Å². The van der Waals surface area contributed by atoms with Crippen molar-refractivity contribution in [1.82, 2.24) is 5.32 Å². The van der Waals surface area contributed by atoms with E-state index in [2.05, 4.69) is 44.9 Å². The first-order chi connectivity index (χ1) is 9.71. The number of hydrogen-bond acceptors (Lipinski definition) is 2. The first-order valence-corrected chi connectivity index (χ1v) is 7.39. The minimum Gasteiger partial charge on any atom is -0.348 e. The highest BCUT2D eigenvalue weighted by atomic mass is 35.5. The Kier molecular flexibility index (Phi) is 4.06. The average Bonchev–Trinajstić information content (AvgIpc) is 2.79. The molecule has 0 bridgehead atoms. The molecular formula is C17H21ClN2O. The molecule has 1 saturated carbocycles. The van der Waals surface area contributed by atoms with Gasteiger partial charge in [0.05, 0.1) is 11.6 Å². The smallest absolute Gasteiger partial charge is 0.251 e. The monoisotopic (exact) mass is 304 g/mol. The van der Waals surface area contributed by atoms with Crippen LogP contribution >= 0.6 is 11.6 Å². The number of halogens is 1. The summed E-state index contributed by atoms with van der Waals surface area (Å²) < 4.78 is 0. The molecule has 3 N–H and O–H groups in total. The Morgan fingerprint density at radius 3 is 2.43 bits per heavy atom. The summed E-state index contributed by atoms with van der Waals surface area (Å²) in [5, 5.41) is 3.56. The van der Waals surface area contributed by atoms with Gasteiger partial charge in [-0.2, -0.15) is 0 Å². The van der Waals surface area contributed by atoms with Crippen molar-refractivity contribution < 1.29 is 4.79 Å². The summed E-state index contributed by atoms with van der Waals surface area (Å²) in [6, 6.07) is 5.32. The maximum atomic E-state index is 12.3. The Bertz CT molecular complexity index is 624. The van der Waals surface area contributed by atoms with E-state index in [-0.39, 0.29) is 29.3 Å². The number of hydrogen-bond donors (Lipinski definition) is 2.